The Labute approximate surface area is 77.1 Å². The molecule has 2 rings (SSSR count). The lowest BCUT2D eigenvalue weighted by Crippen LogP contribution is -2.22. The number of aromatic nitrogens is 2. The molecule has 0 saturated carbocycles. The van der Waals surface area contributed by atoms with E-state index in [1.165, 1.54) is 12.6 Å². The van der Waals surface area contributed by atoms with E-state index in [-0.39, 0.29) is 5.75 Å². The van der Waals surface area contributed by atoms with Gasteiger partial charge in [-0.25, -0.2) is 0 Å². The van der Waals surface area contributed by atoms with E-state index in [9.17, 15) is 0 Å². The van der Waals surface area contributed by atoms with Gasteiger partial charge in [0, 0.05) is 19.1 Å². The molecule has 1 aliphatic heterocycles. The van der Waals surface area contributed by atoms with Crippen LogP contribution >= 0.6 is 0 Å². The van der Waals surface area contributed by atoms with Crippen molar-refractivity contribution >= 4 is 0 Å². The molecule has 1 aromatic rings. The van der Waals surface area contributed by atoms with Crippen LogP contribution in [-0.4, -0.2) is 28.1 Å². The first kappa shape index (κ1) is 8.56. The van der Waals surface area contributed by atoms with Crippen LogP contribution in [-0.2, 0) is 11.3 Å². The fourth-order valence-corrected chi connectivity index (χ4v) is 1.67. The molecule has 1 fully saturated rings. The normalized spacial score (nSPS) is 23.2. The number of nitrogens with zero attached hydrogens (tertiary/aromatic N) is 2. The molecule has 72 valence electrons. The number of hydrogen-bond acceptors (Lipinski definition) is 3. The molecule has 0 bridgehead atoms. The second-order valence-electron chi connectivity index (χ2n) is 3.50. The van der Waals surface area contributed by atoms with Crippen LogP contribution in [0.1, 0.15) is 12.8 Å². The minimum atomic E-state index is 0.233. The van der Waals surface area contributed by atoms with Crippen LogP contribution in [0.25, 0.3) is 0 Å². The Bertz CT molecular complexity index is 266. The summed E-state index contributed by atoms with van der Waals surface area (Å²) in [6.07, 6.45) is 5.44. The third-order valence-electron chi connectivity index (χ3n) is 2.32. The Morgan fingerprint density at radius 2 is 2.62 bits per heavy atom. The third-order valence-corrected chi connectivity index (χ3v) is 2.32. The van der Waals surface area contributed by atoms with Crippen molar-refractivity contribution in [1.29, 1.82) is 0 Å². The molecule has 4 heteroatoms. The highest BCUT2D eigenvalue weighted by atomic mass is 16.5. The van der Waals surface area contributed by atoms with Gasteiger partial charge in [-0.15, -0.1) is 0 Å². The summed E-state index contributed by atoms with van der Waals surface area (Å²) in [6.45, 7) is 2.56. The van der Waals surface area contributed by atoms with Crippen molar-refractivity contribution in [1.82, 2.24) is 9.78 Å². The van der Waals surface area contributed by atoms with Crippen LogP contribution in [0.4, 0.5) is 0 Å². The van der Waals surface area contributed by atoms with Crippen molar-refractivity contribution in [2.75, 3.05) is 13.2 Å². The van der Waals surface area contributed by atoms with Crippen molar-refractivity contribution in [3.63, 3.8) is 0 Å². The molecule has 1 aliphatic rings. The molecule has 2 heterocycles. The zero-order chi connectivity index (χ0) is 9.10. The monoisotopic (exact) mass is 182 g/mol. The summed E-state index contributed by atoms with van der Waals surface area (Å²) in [7, 11) is 0. The molecule has 1 atom stereocenters. The highest BCUT2D eigenvalue weighted by Crippen LogP contribution is 2.16. The summed E-state index contributed by atoms with van der Waals surface area (Å²) >= 11 is 0. The van der Waals surface area contributed by atoms with E-state index in [1.54, 1.807) is 10.9 Å². The summed E-state index contributed by atoms with van der Waals surface area (Å²) < 4.78 is 7.13. The minimum absolute atomic E-state index is 0.233. The first-order valence-corrected chi connectivity index (χ1v) is 4.64. The van der Waals surface area contributed by atoms with E-state index < -0.39 is 0 Å². The van der Waals surface area contributed by atoms with Gasteiger partial charge in [0.25, 0.3) is 0 Å². The fraction of sp³-hybridized carbons (Fsp3) is 0.667. The maximum Gasteiger partial charge on any atom is 0.153 e. The largest absolute Gasteiger partial charge is 0.505 e. The second-order valence-corrected chi connectivity index (χ2v) is 3.50. The number of ether oxygens (including phenoxy) is 1. The SMILES string of the molecule is Oc1cnn(C[C@@H]2CCCOC2)c1. The highest BCUT2D eigenvalue weighted by Gasteiger charge is 2.14. The molecule has 0 unspecified atom stereocenters. The topological polar surface area (TPSA) is 47.3 Å². The fourth-order valence-electron chi connectivity index (χ4n) is 1.67. The summed E-state index contributed by atoms with van der Waals surface area (Å²) in [5.74, 6) is 0.782. The molecule has 0 amide bonds. The zero-order valence-electron chi connectivity index (χ0n) is 7.52. The summed E-state index contributed by atoms with van der Waals surface area (Å²) in [6, 6.07) is 0. The van der Waals surface area contributed by atoms with E-state index in [1.807, 2.05) is 0 Å². The zero-order valence-corrected chi connectivity index (χ0v) is 7.52. The van der Waals surface area contributed by atoms with Crippen molar-refractivity contribution in [3.05, 3.63) is 12.4 Å². The maximum atomic E-state index is 9.07. The number of hydrogen-bond donors (Lipinski definition) is 1. The summed E-state index contributed by atoms with van der Waals surface area (Å²) in [4.78, 5) is 0. The Hall–Kier alpha value is -1.03. The van der Waals surface area contributed by atoms with Crippen LogP contribution in [0.3, 0.4) is 0 Å². The first-order chi connectivity index (χ1) is 6.34. The molecule has 1 aromatic heterocycles. The Morgan fingerprint density at radius 1 is 1.69 bits per heavy atom. The molecule has 0 spiro atoms. The van der Waals surface area contributed by atoms with E-state index >= 15 is 0 Å². The van der Waals surface area contributed by atoms with Gasteiger partial charge in [-0.1, -0.05) is 0 Å². The van der Waals surface area contributed by atoms with Crippen LogP contribution in [0, 0.1) is 5.92 Å². The third kappa shape index (κ3) is 2.21. The molecule has 0 radical (unpaired) electrons. The van der Waals surface area contributed by atoms with Crippen molar-refractivity contribution in [3.8, 4) is 5.75 Å². The predicted molar refractivity (Wildman–Crippen MR) is 47.4 cm³/mol. The average molecular weight is 182 g/mol. The van der Waals surface area contributed by atoms with Crippen LogP contribution in [0.5, 0.6) is 5.75 Å². The van der Waals surface area contributed by atoms with Crippen LogP contribution in [0.15, 0.2) is 12.4 Å². The van der Waals surface area contributed by atoms with Crippen molar-refractivity contribution in [2.24, 2.45) is 5.92 Å². The Balaban J connectivity index is 1.89. The highest BCUT2D eigenvalue weighted by molar-refractivity contribution is 5.08. The predicted octanol–water partition coefficient (Wildman–Crippen LogP) is 1.02. The summed E-state index contributed by atoms with van der Waals surface area (Å²) in [5, 5.41) is 13.1. The van der Waals surface area contributed by atoms with Gasteiger partial charge < -0.3 is 9.84 Å². The molecule has 0 aromatic carbocycles. The first-order valence-electron chi connectivity index (χ1n) is 4.64. The van der Waals surface area contributed by atoms with Crippen LogP contribution < -0.4 is 0 Å². The molecular weight excluding hydrogens is 168 g/mol. The van der Waals surface area contributed by atoms with Gasteiger partial charge in [0.2, 0.25) is 0 Å². The van der Waals surface area contributed by atoms with Gasteiger partial charge in [-0.2, -0.15) is 5.10 Å². The average Bonchev–Trinajstić information content (AvgIpc) is 2.53. The van der Waals surface area contributed by atoms with Gasteiger partial charge in [0.1, 0.15) is 0 Å². The molecule has 13 heavy (non-hydrogen) atoms. The standard InChI is InChI=1S/C9H14N2O2/c12-9-4-10-11(6-9)5-8-2-1-3-13-7-8/h4,6,8,12H,1-3,5,7H2/t8-/m0/s1. The van der Waals surface area contributed by atoms with E-state index in [4.69, 9.17) is 9.84 Å². The number of aromatic hydroxyl groups is 1. The molecule has 1 saturated heterocycles. The second kappa shape index (κ2) is 3.79. The smallest absolute Gasteiger partial charge is 0.153 e. The van der Waals surface area contributed by atoms with Gasteiger partial charge in [0.15, 0.2) is 5.75 Å². The lowest BCUT2D eigenvalue weighted by Gasteiger charge is -2.21. The van der Waals surface area contributed by atoms with Gasteiger partial charge in [-0.3, -0.25) is 4.68 Å². The van der Waals surface area contributed by atoms with E-state index in [0.29, 0.717) is 5.92 Å². The minimum Gasteiger partial charge on any atom is -0.505 e. The lowest BCUT2D eigenvalue weighted by molar-refractivity contribution is 0.0470. The molecule has 0 aliphatic carbocycles. The molecule has 4 nitrogen and oxygen atoms in total. The molecule has 1 N–H and O–H groups in total. The number of rotatable bonds is 2. The summed E-state index contributed by atoms with van der Waals surface area (Å²) in [5.41, 5.74) is 0. The van der Waals surface area contributed by atoms with E-state index in [0.717, 1.165) is 26.2 Å². The molecular formula is C9H14N2O2. The van der Waals surface area contributed by atoms with Gasteiger partial charge in [0.05, 0.1) is 19.0 Å². The lowest BCUT2D eigenvalue weighted by atomic mass is 10.0. The quantitative estimate of drug-likeness (QED) is 0.742. The Morgan fingerprint density at radius 3 is 3.23 bits per heavy atom. The van der Waals surface area contributed by atoms with Gasteiger partial charge in [-0.05, 0) is 12.8 Å². The van der Waals surface area contributed by atoms with E-state index in [2.05, 4.69) is 5.10 Å². The van der Waals surface area contributed by atoms with Crippen molar-refractivity contribution < 1.29 is 9.84 Å². The van der Waals surface area contributed by atoms with Crippen molar-refractivity contribution in [2.45, 2.75) is 19.4 Å². The van der Waals surface area contributed by atoms with Crippen LogP contribution in [0.2, 0.25) is 0 Å². The Kier molecular flexibility index (Phi) is 2.49. The maximum absolute atomic E-state index is 9.07. The van der Waals surface area contributed by atoms with Gasteiger partial charge >= 0.3 is 0 Å².